The van der Waals surface area contributed by atoms with Crippen molar-refractivity contribution in [3.63, 3.8) is 0 Å². The first kappa shape index (κ1) is 55.5. The summed E-state index contributed by atoms with van der Waals surface area (Å²) in [6.45, 7) is 11.9. The first-order chi connectivity index (χ1) is 40.0. The SMILES string of the molecule is CC[C@@H]1C[C@H](N)C[C@@H]1c1nnc2cnc3[nH]ccc3n12.CC[C@@H]1C[C@H](N)C[C@@H]1c1nnc2cnc3c(ccn3S(=O)(=O)c3ccc(C)cc3)n12.CC[C@@H]1C[C@H](NC(C)=O)C[C@@H]1c1nnc2cnc3c(ccn3S(=O)(=O)c3ccc(C)cc3)n12. The number of fused-ring (bicyclic) bond motifs is 9. The summed E-state index contributed by atoms with van der Waals surface area (Å²) in [6, 6.07) is 19.6. The number of amides is 1. The molecule has 23 nitrogen and oxygen atoms in total. The Balaban J connectivity index is 0.000000126. The minimum absolute atomic E-state index is 0.0356. The maximum absolute atomic E-state index is 13.3. The number of aromatic amines is 1. The van der Waals surface area contributed by atoms with Gasteiger partial charge in [0.05, 0.1) is 44.9 Å². The molecular formula is C58H68N18O5S2. The molecule has 9 heterocycles. The maximum Gasteiger partial charge on any atom is 0.269 e. The monoisotopic (exact) mass is 1160 g/mol. The molecule has 0 bridgehead atoms. The van der Waals surface area contributed by atoms with Crippen molar-refractivity contribution in [2.75, 3.05) is 0 Å². The Morgan fingerprint density at radius 3 is 1.39 bits per heavy atom. The van der Waals surface area contributed by atoms with Crippen LogP contribution in [-0.4, -0.2) is 113 Å². The van der Waals surface area contributed by atoms with Gasteiger partial charge in [-0.25, -0.2) is 39.7 Å². The summed E-state index contributed by atoms with van der Waals surface area (Å²) >= 11 is 0. The van der Waals surface area contributed by atoms with E-state index in [1.165, 1.54) is 21.1 Å². The van der Waals surface area contributed by atoms with Crippen molar-refractivity contribution in [2.45, 2.75) is 145 Å². The van der Waals surface area contributed by atoms with E-state index in [4.69, 9.17) is 11.5 Å². The zero-order chi connectivity index (χ0) is 58.1. The summed E-state index contributed by atoms with van der Waals surface area (Å²) in [5, 5.41) is 29.3. The summed E-state index contributed by atoms with van der Waals surface area (Å²) in [6.07, 6.45) is 18.5. The average Bonchev–Trinajstić information content (AvgIpc) is 2.90. The van der Waals surface area contributed by atoms with E-state index in [9.17, 15) is 21.6 Å². The molecule has 3 aliphatic carbocycles. The highest BCUT2D eigenvalue weighted by Crippen LogP contribution is 2.44. The van der Waals surface area contributed by atoms with Crippen molar-refractivity contribution >= 4 is 76.4 Å². The largest absolute Gasteiger partial charge is 0.354 e. The lowest BCUT2D eigenvalue weighted by Gasteiger charge is -2.16. The number of nitrogens with one attached hydrogen (secondary N) is 2. The Morgan fingerprint density at radius 2 is 0.952 bits per heavy atom. The van der Waals surface area contributed by atoms with Gasteiger partial charge in [0.15, 0.2) is 33.9 Å². The number of hydrogen-bond acceptors (Lipinski definition) is 16. The molecule has 6 N–H and O–H groups in total. The van der Waals surface area contributed by atoms with Gasteiger partial charge in [-0.15, -0.1) is 30.6 Å². The third-order valence-electron chi connectivity index (χ3n) is 17.4. The number of aromatic nitrogens is 15. The van der Waals surface area contributed by atoms with Crippen LogP contribution in [0.15, 0.2) is 114 Å². The molecule has 3 aliphatic rings. The average molecular weight is 1160 g/mol. The minimum atomic E-state index is -3.81. The van der Waals surface area contributed by atoms with Crippen molar-refractivity contribution in [3.8, 4) is 0 Å². The highest BCUT2D eigenvalue weighted by atomic mass is 32.2. The van der Waals surface area contributed by atoms with E-state index >= 15 is 0 Å². The first-order valence-electron chi connectivity index (χ1n) is 28.5. The van der Waals surface area contributed by atoms with Crippen LogP contribution >= 0.6 is 0 Å². The molecule has 0 unspecified atom stereocenters. The van der Waals surface area contributed by atoms with Crippen LogP contribution in [0.4, 0.5) is 0 Å². The lowest BCUT2D eigenvalue weighted by molar-refractivity contribution is -0.119. The fourth-order valence-electron chi connectivity index (χ4n) is 13.2. The van der Waals surface area contributed by atoms with Crippen LogP contribution in [0.3, 0.4) is 0 Å². The van der Waals surface area contributed by atoms with Gasteiger partial charge in [0.2, 0.25) is 5.91 Å². The Hall–Kier alpha value is -8.00. The third-order valence-corrected chi connectivity index (χ3v) is 20.7. The summed E-state index contributed by atoms with van der Waals surface area (Å²) in [5.41, 5.74) is 20.3. The number of carbonyl (C=O) groups excluding carboxylic acids is 1. The summed E-state index contributed by atoms with van der Waals surface area (Å²) < 4.78 is 61.5. The molecule has 83 heavy (non-hydrogen) atoms. The Morgan fingerprint density at radius 1 is 0.542 bits per heavy atom. The molecule has 0 spiro atoms. The van der Waals surface area contributed by atoms with E-state index in [1.54, 1.807) is 85.5 Å². The lowest BCUT2D eigenvalue weighted by atomic mass is 9.93. The molecule has 3 fully saturated rings. The Bertz CT molecular complexity index is 4430. The molecule has 9 aromatic heterocycles. The van der Waals surface area contributed by atoms with Crippen LogP contribution in [0.5, 0.6) is 0 Å². The predicted molar refractivity (Wildman–Crippen MR) is 314 cm³/mol. The quantitative estimate of drug-likeness (QED) is 0.0963. The molecule has 25 heteroatoms. The van der Waals surface area contributed by atoms with E-state index in [0.29, 0.717) is 57.3 Å². The van der Waals surface area contributed by atoms with Crippen molar-refractivity contribution < 1.29 is 21.6 Å². The zero-order valence-corrected chi connectivity index (χ0v) is 48.8. The van der Waals surface area contributed by atoms with E-state index in [1.807, 2.05) is 34.9 Å². The molecule has 3 saturated carbocycles. The number of benzene rings is 2. The van der Waals surface area contributed by atoms with Crippen molar-refractivity contribution in [1.29, 1.82) is 0 Å². The molecule has 0 radical (unpaired) electrons. The molecule has 0 aliphatic heterocycles. The Kier molecular flexibility index (Phi) is 14.7. The number of nitrogens with two attached hydrogens (primary N) is 2. The van der Waals surface area contributed by atoms with Crippen molar-refractivity contribution in [1.82, 2.24) is 77.0 Å². The second-order valence-electron chi connectivity index (χ2n) is 22.7. The Labute approximate surface area is 479 Å². The number of nitrogens with zero attached hydrogens (tertiary/aromatic N) is 14. The topological polar surface area (TPSA) is 304 Å². The van der Waals surface area contributed by atoms with Crippen LogP contribution in [-0.2, 0) is 24.8 Å². The van der Waals surface area contributed by atoms with Crippen molar-refractivity contribution in [2.24, 2.45) is 29.2 Å². The second kappa shape index (κ2) is 22.0. The van der Waals surface area contributed by atoms with Gasteiger partial charge >= 0.3 is 0 Å². The normalized spacial score (nSPS) is 22.9. The molecular weight excluding hydrogens is 1090 g/mol. The van der Waals surface area contributed by atoms with Gasteiger partial charge in [0.25, 0.3) is 20.0 Å². The van der Waals surface area contributed by atoms with Crippen LogP contribution in [0.25, 0.3) is 50.4 Å². The van der Waals surface area contributed by atoms with Crippen LogP contribution in [0.1, 0.15) is 132 Å². The predicted octanol–water partition coefficient (Wildman–Crippen LogP) is 7.72. The standard InChI is InChI=1S/C23H26N6O3S.C21H24N6O2S.C14H18N6/c1-4-16-11-17(25-15(3)30)12-19(16)22-27-26-21-13-24-23-20(29(21)22)9-10-28(23)33(31,32)18-7-5-14(2)6-8-18;1-3-14-10-15(22)11-17(14)20-25-24-19-12-23-21-18(27(19)20)8-9-26(21)30(28,29)16-6-4-13(2)5-7-16;1-2-8-5-9(15)6-10(8)14-19-18-12-7-17-13-11(20(12)14)3-4-16-13/h5-10,13,16-17,19H,4,11-12H2,1-3H3,(H,25,30);4-9,12,14-15,17H,3,10-11,22H2,1-2H3;3-4,7-10,16H,2,5-6,15H2,1H3/t16-,17+,19+;14-,15+,17+;8-,9+,10+/m111/s1. The molecule has 14 rings (SSSR count). The van der Waals surface area contributed by atoms with Crippen molar-refractivity contribution in [3.05, 3.63) is 133 Å². The van der Waals surface area contributed by atoms with Crippen LogP contribution in [0, 0.1) is 31.6 Å². The summed E-state index contributed by atoms with van der Waals surface area (Å²) in [5.74, 6) is 4.69. The lowest BCUT2D eigenvalue weighted by Crippen LogP contribution is -2.30. The maximum atomic E-state index is 13.3. The second-order valence-corrected chi connectivity index (χ2v) is 26.3. The van der Waals surface area contributed by atoms with E-state index in [0.717, 1.165) is 103 Å². The van der Waals surface area contributed by atoms with Gasteiger partial charge in [-0.2, -0.15) is 0 Å². The fourth-order valence-corrected chi connectivity index (χ4v) is 15.8. The fraction of sp³-hybridized carbons (Fsp3) is 0.414. The van der Waals surface area contributed by atoms with E-state index < -0.39 is 20.0 Å². The number of H-pyrrole nitrogens is 1. The first-order valence-corrected chi connectivity index (χ1v) is 31.4. The highest BCUT2D eigenvalue weighted by Gasteiger charge is 2.39. The zero-order valence-electron chi connectivity index (χ0n) is 47.1. The molecule has 2 aromatic carbocycles. The molecule has 0 saturated heterocycles. The van der Waals surface area contributed by atoms with Gasteiger partial charge < -0.3 is 21.8 Å². The summed E-state index contributed by atoms with van der Waals surface area (Å²) in [7, 11) is -7.57. The molecule has 432 valence electrons. The van der Waals surface area contributed by atoms with Gasteiger partial charge in [-0.1, -0.05) is 75.4 Å². The number of rotatable bonds is 11. The highest BCUT2D eigenvalue weighted by molar-refractivity contribution is 7.90. The molecule has 1 amide bonds. The smallest absolute Gasteiger partial charge is 0.269 e. The molecule has 9 atom stereocenters. The van der Waals surface area contributed by atoms with Gasteiger partial charge in [0.1, 0.15) is 17.5 Å². The van der Waals surface area contributed by atoms with Gasteiger partial charge in [-0.05, 0) is 113 Å². The van der Waals surface area contributed by atoms with Gasteiger partial charge in [-0.3, -0.25) is 18.0 Å². The van der Waals surface area contributed by atoms with E-state index in [-0.39, 0.29) is 45.7 Å². The van der Waals surface area contributed by atoms with E-state index in [2.05, 4.69) is 81.0 Å². The summed E-state index contributed by atoms with van der Waals surface area (Å²) in [4.78, 5) is 28.4. The number of hydrogen-bond donors (Lipinski definition) is 4. The third kappa shape index (κ3) is 9.99. The van der Waals surface area contributed by atoms with Crippen LogP contribution in [0.2, 0.25) is 0 Å². The number of carbonyl (C=O) groups is 1. The van der Waals surface area contributed by atoms with Gasteiger partial charge in [0, 0.05) is 61.4 Å². The van der Waals surface area contributed by atoms with Crippen LogP contribution < -0.4 is 16.8 Å². The number of aryl methyl sites for hydroxylation is 2. The molecule has 11 aromatic rings. The minimum Gasteiger partial charge on any atom is -0.354 e.